The highest BCUT2D eigenvalue weighted by atomic mass is 16.5. The number of methoxy groups -OCH3 is 1. The lowest BCUT2D eigenvalue weighted by atomic mass is 10.1. The van der Waals surface area contributed by atoms with Gasteiger partial charge in [-0.1, -0.05) is 12.1 Å². The van der Waals surface area contributed by atoms with Gasteiger partial charge in [0, 0.05) is 25.4 Å². The van der Waals surface area contributed by atoms with Crippen molar-refractivity contribution in [1.82, 2.24) is 10.6 Å². The highest BCUT2D eigenvalue weighted by molar-refractivity contribution is 5.89. The Bertz CT molecular complexity index is 483. The topological polar surface area (TPSA) is 79.5 Å². The van der Waals surface area contributed by atoms with Gasteiger partial charge in [-0.05, 0) is 30.5 Å². The third-order valence-electron chi connectivity index (χ3n) is 3.12. The summed E-state index contributed by atoms with van der Waals surface area (Å²) in [7, 11) is 1.59. The van der Waals surface area contributed by atoms with Gasteiger partial charge in [0.15, 0.2) is 0 Å². The molecule has 1 aromatic rings. The van der Waals surface area contributed by atoms with E-state index in [1.807, 2.05) is 12.1 Å². The Labute approximate surface area is 124 Å². The van der Waals surface area contributed by atoms with Gasteiger partial charge >= 0.3 is 6.03 Å². The van der Waals surface area contributed by atoms with Crippen LogP contribution in [0.2, 0.25) is 0 Å². The molecule has 114 valence electrons. The van der Waals surface area contributed by atoms with Crippen molar-refractivity contribution in [1.29, 1.82) is 0 Å². The molecule has 6 heteroatoms. The molecular weight excluding hydrogens is 270 g/mol. The van der Waals surface area contributed by atoms with Crippen LogP contribution in [-0.2, 0) is 16.0 Å². The number of hydrogen-bond donors (Lipinski definition) is 3. The second-order valence-corrected chi connectivity index (χ2v) is 5.09. The average molecular weight is 291 g/mol. The van der Waals surface area contributed by atoms with Crippen LogP contribution in [0.15, 0.2) is 24.3 Å². The molecule has 1 saturated carbocycles. The molecule has 3 amide bonds. The van der Waals surface area contributed by atoms with Gasteiger partial charge in [-0.2, -0.15) is 0 Å². The van der Waals surface area contributed by atoms with Crippen molar-refractivity contribution in [3.8, 4) is 0 Å². The first kappa shape index (κ1) is 15.3. The van der Waals surface area contributed by atoms with E-state index >= 15 is 0 Å². The maximum Gasteiger partial charge on any atom is 0.319 e. The van der Waals surface area contributed by atoms with Gasteiger partial charge in [0.2, 0.25) is 5.91 Å². The molecule has 0 heterocycles. The fourth-order valence-corrected chi connectivity index (χ4v) is 1.83. The number of urea groups is 1. The van der Waals surface area contributed by atoms with Gasteiger partial charge in [-0.3, -0.25) is 4.79 Å². The number of hydrogen-bond acceptors (Lipinski definition) is 3. The van der Waals surface area contributed by atoms with Crippen LogP contribution >= 0.6 is 0 Å². The summed E-state index contributed by atoms with van der Waals surface area (Å²) in [5.41, 5.74) is 1.62. The Morgan fingerprint density at radius 2 is 1.95 bits per heavy atom. The highest BCUT2D eigenvalue weighted by Gasteiger charge is 2.23. The minimum absolute atomic E-state index is 0.0424. The van der Waals surface area contributed by atoms with Crippen molar-refractivity contribution in [2.24, 2.45) is 0 Å². The van der Waals surface area contributed by atoms with Crippen molar-refractivity contribution in [2.75, 3.05) is 25.6 Å². The van der Waals surface area contributed by atoms with Gasteiger partial charge < -0.3 is 20.7 Å². The number of ether oxygens (including phenoxy) is 1. The van der Waals surface area contributed by atoms with Crippen molar-refractivity contribution >= 4 is 17.6 Å². The molecule has 2 rings (SSSR count). The van der Waals surface area contributed by atoms with Gasteiger partial charge in [0.05, 0.1) is 13.0 Å². The normalized spacial score (nSPS) is 13.6. The molecule has 0 spiro atoms. The van der Waals surface area contributed by atoms with E-state index in [9.17, 15) is 9.59 Å². The molecule has 0 aliphatic heterocycles. The van der Waals surface area contributed by atoms with Crippen LogP contribution in [0.1, 0.15) is 18.4 Å². The SMILES string of the molecule is COCCNC(=O)Cc1ccc(NC(=O)NC2CC2)cc1. The summed E-state index contributed by atoms with van der Waals surface area (Å²) in [6, 6.07) is 7.42. The van der Waals surface area contributed by atoms with Crippen molar-refractivity contribution < 1.29 is 14.3 Å². The molecule has 6 nitrogen and oxygen atoms in total. The van der Waals surface area contributed by atoms with Gasteiger partial charge in [-0.25, -0.2) is 4.79 Å². The van der Waals surface area contributed by atoms with Crippen LogP contribution in [0.3, 0.4) is 0 Å². The van der Waals surface area contributed by atoms with E-state index in [1.54, 1.807) is 19.2 Å². The third kappa shape index (κ3) is 5.83. The molecule has 1 aliphatic rings. The van der Waals surface area contributed by atoms with Crippen LogP contribution in [0.5, 0.6) is 0 Å². The number of carbonyl (C=O) groups is 2. The first-order chi connectivity index (χ1) is 10.2. The lowest BCUT2D eigenvalue weighted by molar-refractivity contribution is -0.120. The van der Waals surface area contributed by atoms with Gasteiger partial charge in [-0.15, -0.1) is 0 Å². The van der Waals surface area contributed by atoms with E-state index in [0.29, 0.717) is 25.6 Å². The number of amides is 3. The summed E-state index contributed by atoms with van der Waals surface area (Å²) in [4.78, 5) is 23.2. The monoisotopic (exact) mass is 291 g/mol. The molecule has 0 radical (unpaired) electrons. The van der Waals surface area contributed by atoms with E-state index in [2.05, 4.69) is 16.0 Å². The van der Waals surface area contributed by atoms with Crippen molar-refractivity contribution in [2.45, 2.75) is 25.3 Å². The number of anilines is 1. The molecule has 0 unspecified atom stereocenters. The minimum atomic E-state index is -0.178. The zero-order valence-corrected chi connectivity index (χ0v) is 12.1. The maximum atomic E-state index is 11.6. The zero-order chi connectivity index (χ0) is 15.1. The lowest BCUT2D eigenvalue weighted by Gasteiger charge is -2.08. The fraction of sp³-hybridized carbons (Fsp3) is 0.467. The standard InChI is InChI=1S/C15H21N3O3/c1-21-9-8-16-14(19)10-11-2-4-12(5-3-11)17-15(20)18-13-6-7-13/h2-5,13H,6-10H2,1H3,(H,16,19)(H2,17,18,20). The van der Waals surface area contributed by atoms with E-state index in [1.165, 1.54) is 0 Å². The first-order valence-electron chi connectivity index (χ1n) is 7.09. The fourth-order valence-electron chi connectivity index (χ4n) is 1.83. The summed E-state index contributed by atoms with van der Waals surface area (Å²) in [5.74, 6) is -0.0424. The second kappa shape index (κ2) is 7.64. The Hall–Kier alpha value is -2.08. The summed E-state index contributed by atoms with van der Waals surface area (Å²) in [6.45, 7) is 1.01. The number of benzene rings is 1. The smallest absolute Gasteiger partial charge is 0.319 e. The molecule has 0 saturated heterocycles. The lowest BCUT2D eigenvalue weighted by Crippen LogP contribution is -2.30. The molecule has 1 aliphatic carbocycles. The molecule has 0 bridgehead atoms. The quantitative estimate of drug-likeness (QED) is 0.662. The predicted octanol–water partition coefficient (Wildman–Crippen LogP) is 1.28. The van der Waals surface area contributed by atoms with Gasteiger partial charge in [0.1, 0.15) is 0 Å². The summed E-state index contributed by atoms with van der Waals surface area (Å²) in [5, 5.41) is 8.38. The molecule has 0 aromatic heterocycles. The average Bonchev–Trinajstić information content (AvgIpc) is 3.25. The van der Waals surface area contributed by atoms with Gasteiger partial charge in [0.25, 0.3) is 0 Å². The number of rotatable bonds is 7. The molecule has 0 atom stereocenters. The summed E-state index contributed by atoms with van der Waals surface area (Å²) >= 11 is 0. The predicted molar refractivity (Wildman–Crippen MR) is 80.2 cm³/mol. The van der Waals surface area contributed by atoms with Crippen LogP contribution in [-0.4, -0.2) is 38.2 Å². The molecule has 1 aromatic carbocycles. The summed E-state index contributed by atoms with van der Waals surface area (Å²) in [6.07, 6.45) is 2.44. The molecular formula is C15H21N3O3. The largest absolute Gasteiger partial charge is 0.383 e. The maximum absolute atomic E-state index is 11.6. The van der Waals surface area contributed by atoms with E-state index in [4.69, 9.17) is 4.74 Å². The Morgan fingerprint density at radius 3 is 2.57 bits per heavy atom. The van der Waals surface area contributed by atoms with Crippen LogP contribution in [0.4, 0.5) is 10.5 Å². The van der Waals surface area contributed by atoms with E-state index < -0.39 is 0 Å². The van der Waals surface area contributed by atoms with E-state index in [0.717, 1.165) is 24.1 Å². The highest BCUT2D eigenvalue weighted by Crippen LogP contribution is 2.19. The Kier molecular flexibility index (Phi) is 5.57. The number of carbonyl (C=O) groups excluding carboxylic acids is 2. The molecule has 21 heavy (non-hydrogen) atoms. The summed E-state index contributed by atoms with van der Waals surface area (Å²) < 4.78 is 4.87. The Morgan fingerprint density at radius 1 is 1.24 bits per heavy atom. The molecule has 3 N–H and O–H groups in total. The van der Waals surface area contributed by atoms with Crippen LogP contribution in [0, 0.1) is 0 Å². The third-order valence-corrected chi connectivity index (χ3v) is 3.12. The zero-order valence-electron chi connectivity index (χ0n) is 12.1. The van der Waals surface area contributed by atoms with Crippen LogP contribution in [0.25, 0.3) is 0 Å². The Balaban J connectivity index is 1.75. The minimum Gasteiger partial charge on any atom is -0.383 e. The van der Waals surface area contributed by atoms with Crippen LogP contribution < -0.4 is 16.0 Å². The number of nitrogens with one attached hydrogen (secondary N) is 3. The van der Waals surface area contributed by atoms with E-state index in [-0.39, 0.29) is 11.9 Å². The van der Waals surface area contributed by atoms with Crippen molar-refractivity contribution in [3.05, 3.63) is 29.8 Å². The van der Waals surface area contributed by atoms with Crippen molar-refractivity contribution in [3.63, 3.8) is 0 Å². The molecule has 1 fully saturated rings. The first-order valence-corrected chi connectivity index (χ1v) is 7.09. The second-order valence-electron chi connectivity index (χ2n) is 5.09.